The molecule has 1 nitrogen and oxygen atoms in total. The second-order valence-corrected chi connectivity index (χ2v) is 5.74. The lowest BCUT2D eigenvalue weighted by Crippen LogP contribution is -1.93. The second kappa shape index (κ2) is 7.14. The molecule has 2 rings (SSSR count). The zero-order valence-electron chi connectivity index (χ0n) is 12.7. The molecule has 0 aliphatic carbocycles. The van der Waals surface area contributed by atoms with Crippen molar-refractivity contribution in [3.05, 3.63) is 59.7 Å². The fraction of sp³-hybridized carbons (Fsp3) is 0.368. The van der Waals surface area contributed by atoms with Crippen molar-refractivity contribution >= 4 is 0 Å². The summed E-state index contributed by atoms with van der Waals surface area (Å²) in [5.74, 6) is 2.50. The van der Waals surface area contributed by atoms with Crippen molar-refractivity contribution in [1.29, 1.82) is 0 Å². The topological polar surface area (TPSA) is 9.23 Å². The number of hydrogen-bond donors (Lipinski definition) is 0. The fourth-order valence-electron chi connectivity index (χ4n) is 2.31. The molecule has 2 aromatic rings. The summed E-state index contributed by atoms with van der Waals surface area (Å²) in [4.78, 5) is 0. The van der Waals surface area contributed by atoms with Crippen LogP contribution in [0.5, 0.6) is 11.5 Å². The Morgan fingerprint density at radius 1 is 0.800 bits per heavy atom. The molecular weight excluding hydrogens is 244 g/mol. The normalized spacial score (nSPS) is 10.8. The molecule has 2 aromatic carbocycles. The predicted molar refractivity (Wildman–Crippen MR) is 85.5 cm³/mol. The summed E-state index contributed by atoms with van der Waals surface area (Å²) in [7, 11) is 0. The summed E-state index contributed by atoms with van der Waals surface area (Å²) in [6.07, 6.45) is 3.42. The lowest BCUT2D eigenvalue weighted by atomic mass is 10.0. The molecule has 0 spiro atoms. The maximum atomic E-state index is 5.87. The number of hydrogen-bond acceptors (Lipinski definition) is 1. The van der Waals surface area contributed by atoms with Gasteiger partial charge in [-0.25, -0.2) is 0 Å². The van der Waals surface area contributed by atoms with E-state index in [1.54, 1.807) is 0 Å². The van der Waals surface area contributed by atoms with E-state index in [0.29, 0.717) is 5.92 Å². The van der Waals surface area contributed by atoms with Crippen molar-refractivity contribution in [1.82, 2.24) is 0 Å². The van der Waals surface area contributed by atoms with E-state index in [9.17, 15) is 0 Å². The minimum absolute atomic E-state index is 0.688. The SMILES string of the molecule is CCCc1ccc(Oc2ccc(CC(C)C)cc2)cc1. The Balaban J connectivity index is 1.98. The van der Waals surface area contributed by atoms with Gasteiger partial charge in [-0.3, -0.25) is 0 Å². The average Bonchev–Trinajstić information content (AvgIpc) is 2.43. The molecule has 0 unspecified atom stereocenters. The van der Waals surface area contributed by atoms with Crippen molar-refractivity contribution in [2.45, 2.75) is 40.0 Å². The van der Waals surface area contributed by atoms with E-state index in [-0.39, 0.29) is 0 Å². The lowest BCUT2D eigenvalue weighted by molar-refractivity contribution is 0.482. The first kappa shape index (κ1) is 14.6. The number of benzene rings is 2. The molecule has 0 saturated carbocycles. The standard InChI is InChI=1S/C19H24O/c1-4-5-16-6-10-18(11-7-16)20-19-12-8-17(9-13-19)14-15(2)3/h6-13,15H,4-5,14H2,1-3H3. The molecule has 0 aliphatic heterocycles. The summed E-state index contributed by atoms with van der Waals surface area (Å²) in [5.41, 5.74) is 2.73. The molecule has 106 valence electrons. The summed E-state index contributed by atoms with van der Waals surface area (Å²) < 4.78 is 5.87. The molecule has 0 radical (unpaired) electrons. The first-order valence-electron chi connectivity index (χ1n) is 7.53. The van der Waals surface area contributed by atoms with Gasteiger partial charge in [0.15, 0.2) is 0 Å². The van der Waals surface area contributed by atoms with E-state index < -0.39 is 0 Å². The Bertz CT molecular complexity index is 508. The Morgan fingerprint density at radius 2 is 1.30 bits per heavy atom. The molecule has 0 aliphatic rings. The van der Waals surface area contributed by atoms with Crippen LogP contribution < -0.4 is 4.74 Å². The molecule has 0 bridgehead atoms. The van der Waals surface area contributed by atoms with Crippen molar-refractivity contribution in [3.63, 3.8) is 0 Å². The Labute approximate surface area is 122 Å². The van der Waals surface area contributed by atoms with Crippen LogP contribution in [0.25, 0.3) is 0 Å². The Hall–Kier alpha value is -1.76. The Kier molecular flexibility index (Phi) is 5.23. The van der Waals surface area contributed by atoms with E-state index in [4.69, 9.17) is 4.74 Å². The third-order valence-electron chi connectivity index (χ3n) is 3.27. The summed E-state index contributed by atoms with van der Waals surface area (Å²) >= 11 is 0. The van der Waals surface area contributed by atoms with Gasteiger partial charge in [0, 0.05) is 0 Å². The molecule has 0 heterocycles. The lowest BCUT2D eigenvalue weighted by Gasteiger charge is -2.09. The van der Waals surface area contributed by atoms with E-state index >= 15 is 0 Å². The minimum Gasteiger partial charge on any atom is -0.457 e. The quantitative estimate of drug-likeness (QED) is 0.659. The Morgan fingerprint density at radius 3 is 1.75 bits per heavy atom. The van der Waals surface area contributed by atoms with Gasteiger partial charge in [0.05, 0.1) is 0 Å². The van der Waals surface area contributed by atoms with Gasteiger partial charge in [0.25, 0.3) is 0 Å². The van der Waals surface area contributed by atoms with Crippen LogP contribution >= 0.6 is 0 Å². The highest BCUT2D eigenvalue weighted by Crippen LogP contribution is 2.23. The van der Waals surface area contributed by atoms with Crippen LogP contribution in [-0.4, -0.2) is 0 Å². The van der Waals surface area contributed by atoms with Crippen molar-refractivity contribution < 1.29 is 4.74 Å². The van der Waals surface area contributed by atoms with E-state index in [1.165, 1.54) is 17.5 Å². The van der Waals surface area contributed by atoms with Crippen molar-refractivity contribution in [3.8, 4) is 11.5 Å². The molecule has 0 amide bonds. The van der Waals surface area contributed by atoms with Crippen molar-refractivity contribution in [2.75, 3.05) is 0 Å². The van der Waals surface area contributed by atoms with Gasteiger partial charge >= 0.3 is 0 Å². The molecule has 0 atom stereocenters. The monoisotopic (exact) mass is 268 g/mol. The van der Waals surface area contributed by atoms with Gasteiger partial charge in [-0.1, -0.05) is 51.5 Å². The highest BCUT2D eigenvalue weighted by atomic mass is 16.5. The van der Waals surface area contributed by atoms with Gasteiger partial charge in [-0.05, 0) is 54.2 Å². The molecule has 0 saturated heterocycles. The van der Waals surface area contributed by atoms with Gasteiger partial charge in [-0.15, -0.1) is 0 Å². The highest BCUT2D eigenvalue weighted by molar-refractivity contribution is 5.34. The maximum Gasteiger partial charge on any atom is 0.127 e. The number of rotatable bonds is 6. The van der Waals surface area contributed by atoms with Crippen LogP contribution in [0.1, 0.15) is 38.3 Å². The number of ether oxygens (including phenoxy) is 1. The first-order chi connectivity index (χ1) is 9.67. The van der Waals surface area contributed by atoms with Crippen LogP contribution in [0.4, 0.5) is 0 Å². The van der Waals surface area contributed by atoms with Crippen LogP contribution in [0, 0.1) is 5.92 Å². The first-order valence-corrected chi connectivity index (χ1v) is 7.53. The van der Waals surface area contributed by atoms with Gasteiger partial charge in [0.1, 0.15) is 11.5 Å². The highest BCUT2D eigenvalue weighted by Gasteiger charge is 2.00. The van der Waals surface area contributed by atoms with E-state index in [0.717, 1.165) is 24.3 Å². The third-order valence-corrected chi connectivity index (χ3v) is 3.27. The maximum absolute atomic E-state index is 5.87. The third kappa shape index (κ3) is 4.41. The molecule has 20 heavy (non-hydrogen) atoms. The summed E-state index contributed by atoms with van der Waals surface area (Å²) in [6, 6.07) is 16.8. The summed E-state index contributed by atoms with van der Waals surface area (Å²) in [5, 5.41) is 0. The molecule has 0 aromatic heterocycles. The van der Waals surface area contributed by atoms with E-state index in [1.807, 2.05) is 12.1 Å². The second-order valence-electron chi connectivity index (χ2n) is 5.74. The molecule has 0 N–H and O–H groups in total. The van der Waals surface area contributed by atoms with Crippen LogP contribution in [0.2, 0.25) is 0 Å². The van der Waals surface area contributed by atoms with Crippen LogP contribution in [0.3, 0.4) is 0 Å². The summed E-state index contributed by atoms with van der Waals surface area (Å²) in [6.45, 7) is 6.67. The molecular formula is C19H24O. The molecule has 1 heteroatoms. The zero-order valence-corrected chi connectivity index (χ0v) is 12.7. The van der Waals surface area contributed by atoms with Crippen molar-refractivity contribution in [2.24, 2.45) is 5.92 Å². The molecule has 0 fully saturated rings. The van der Waals surface area contributed by atoms with E-state index in [2.05, 4.69) is 57.2 Å². The largest absolute Gasteiger partial charge is 0.457 e. The smallest absolute Gasteiger partial charge is 0.127 e. The van der Waals surface area contributed by atoms with Gasteiger partial charge < -0.3 is 4.74 Å². The minimum atomic E-state index is 0.688. The number of aryl methyl sites for hydroxylation is 1. The van der Waals surface area contributed by atoms with Gasteiger partial charge in [-0.2, -0.15) is 0 Å². The predicted octanol–water partition coefficient (Wildman–Crippen LogP) is 5.63. The van der Waals surface area contributed by atoms with Crippen LogP contribution in [0.15, 0.2) is 48.5 Å². The van der Waals surface area contributed by atoms with Crippen LogP contribution in [-0.2, 0) is 12.8 Å². The van der Waals surface area contributed by atoms with Gasteiger partial charge in [0.2, 0.25) is 0 Å². The fourth-order valence-corrected chi connectivity index (χ4v) is 2.31. The zero-order chi connectivity index (χ0) is 14.4. The average molecular weight is 268 g/mol.